The minimum atomic E-state index is -3.99. The van der Waals surface area contributed by atoms with Crippen LogP contribution in [0, 0.1) is 13.8 Å². The van der Waals surface area contributed by atoms with Gasteiger partial charge >= 0.3 is 0 Å². The molecule has 0 fully saturated rings. The summed E-state index contributed by atoms with van der Waals surface area (Å²) in [5, 5.41) is 4.03. The number of anilines is 1. The van der Waals surface area contributed by atoms with Crippen LogP contribution in [0.25, 0.3) is 0 Å². The molecular formula is C28H33N3O5S. The first-order valence-corrected chi connectivity index (χ1v) is 13.6. The number of amides is 1. The highest BCUT2D eigenvalue weighted by Crippen LogP contribution is 2.28. The Morgan fingerprint density at radius 2 is 1.70 bits per heavy atom. The zero-order chi connectivity index (χ0) is 26.8. The molecule has 37 heavy (non-hydrogen) atoms. The number of nitrogens with one attached hydrogen (secondary N) is 1. The fraction of sp³-hybridized carbons (Fsp3) is 0.286. The number of hydrogen-bond donors (Lipinski definition) is 1. The molecule has 0 aromatic heterocycles. The van der Waals surface area contributed by atoms with Crippen LogP contribution < -0.4 is 19.2 Å². The normalized spacial score (nSPS) is 11.4. The van der Waals surface area contributed by atoms with Gasteiger partial charge in [0, 0.05) is 0 Å². The number of aryl methyl sites for hydroxylation is 2. The van der Waals surface area contributed by atoms with E-state index in [1.165, 1.54) is 18.3 Å². The largest absolute Gasteiger partial charge is 0.490 e. The lowest BCUT2D eigenvalue weighted by Gasteiger charge is -2.24. The van der Waals surface area contributed by atoms with Crippen molar-refractivity contribution in [1.29, 1.82) is 0 Å². The van der Waals surface area contributed by atoms with Crippen molar-refractivity contribution < 1.29 is 22.7 Å². The highest BCUT2D eigenvalue weighted by atomic mass is 32.2. The zero-order valence-electron chi connectivity index (χ0n) is 21.6. The van der Waals surface area contributed by atoms with Gasteiger partial charge in [0.05, 0.1) is 30.0 Å². The van der Waals surface area contributed by atoms with E-state index in [9.17, 15) is 13.2 Å². The Morgan fingerprint density at radius 3 is 2.38 bits per heavy atom. The van der Waals surface area contributed by atoms with Crippen molar-refractivity contribution in [2.45, 2.75) is 39.0 Å². The molecule has 0 aliphatic rings. The Kier molecular flexibility index (Phi) is 9.68. The zero-order valence-corrected chi connectivity index (χ0v) is 22.4. The first-order chi connectivity index (χ1) is 17.8. The predicted octanol–water partition coefficient (Wildman–Crippen LogP) is 4.84. The Labute approximate surface area is 219 Å². The molecule has 3 aromatic carbocycles. The smallest absolute Gasteiger partial charge is 0.264 e. The average Bonchev–Trinajstić information content (AvgIpc) is 2.89. The summed E-state index contributed by atoms with van der Waals surface area (Å²) < 4.78 is 39.3. The Bertz CT molecular complexity index is 1340. The fourth-order valence-electron chi connectivity index (χ4n) is 3.46. The highest BCUT2D eigenvalue weighted by Gasteiger charge is 2.27. The second kappa shape index (κ2) is 12.9. The van der Waals surface area contributed by atoms with Crippen molar-refractivity contribution in [2.24, 2.45) is 5.10 Å². The van der Waals surface area contributed by atoms with E-state index < -0.39 is 22.5 Å². The van der Waals surface area contributed by atoms with Crippen molar-refractivity contribution in [3.63, 3.8) is 0 Å². The lowest BCUT2D eigenvalue weighted by Crippen LogP contribution is -2.39. The van der Waals surface area contributed by atoms with Gasteiger partial charge < -0.3 is 9.47 Å². The molecule has 1 N–H and O–H groups in total. The van der Waals surface area contributed by atoms with E-state index in [1.54, 1.807) is 48.5 Å². The molecule has 1 amide bonds. The Balaban J connectivity index is 1.79. The molecule has 0 unspecified atom stereocenters. The molecule has 3 rings (SSSR count). The lowest BCUT2D eigenvalue weighted by molar-refractivity contribution is -0.119. The van der Waals surface area contributed by atoms with E-state index in [1.807, 2.05) is 33.8 Å². The van der Waals surface area contributed by atoms with Gasteiger partial charge in [-0.25, -0.2) is 13.8 Å². The fourth-order valence-corrected chi connectivity index (χ4v) is 4.90. The third-order valence-corrected chi connectivity index (χ3v) is 7.32. The summed E-state index contributed by atoms with van der Waals surface area (Å²) in [6.07, 6.45) is 2.34. The molecule has 0 saturated heterocycles. The van der Waals surface area contributed by atoms with Crippen LogP contribution in [0.4, 0.5) is 5.69 Å². The average molecular weight is 524 g/mol. The monoisotopic (exact) mass is 523 g/mol. The standard InChI is InChI=1S/C28H33N3O5S/c1-5-16-36-26-15-13-23(18-27(26)35-6-2)19-29-30-28(32)20-31(24-14-12-21(3)22(4)17-24)37(33,34)25-10-8-7-9-11-25/h7-15,17-19H,5-6,16,20H2,1-4H3,(H,30,32)/b29-19-. The number of sulfonamides is 1. The Hall–Kier alpha value is -3.85. The summed E-state index contributed by atoms with van der Waals surface area (Å²) in [6, 6.07) is 18.7. The van der Waals surface area contributed by atoms with E-state index in [0.717, 1.165) is 21.9 Å². The maximum Gasteiger partial charge on any atom is 0.264 e. The van der Waals surface area contributed by atoms with Crippen molar-refractivity contribution in [3.05, 3.63) is 83.4 Å². The molecule has 0 aliphatic heterocycles. The van der Waals surface area contributed by atoms with Gasteiger partial charge in [-0.2, -0.15) is 5.10 Å². The van der Waals surface area contributed by atoms with Crippen LogP contribution >= 0.6 is 0 Å². The van der Waals surface area contributed by atoms with Gasteiger partial charge in [0.2, 0.25) is 0 Å². The van der Waals surface area contributed by atoms with Gasteiger partial charge in [0.1, 0.15) is 6.54 Å². The third kappa shape index (κ3) is 7.33. The van der Waals surface area contributed by atoms with Crippen LogP contribution in [-0.4, -0.2) is 40.3 Å². The minimum Gasteiger partial charge on any atom is -0.490 e. The quantitative estimate of drug-likeness (QED) is 0.271. The Morgan fingerprint density at radius 1 is 0.946 bits per heavy atom. The summed E-state index contributed by atoms with van der Waals surface area (Å²) in [4.78, 5) is 12.9. The molecule has 0 aliphatic carbocycles. The molecule has 8 nitrogen and oxygen atoms in total. The second-order valence-electron chi connectivity index (χ2n) is 8.37. The van der Waals surface area contributed by atoms with Gasteiger partial charge in [-0.05, 0) is 86.3 Å². The van der Waals surface area contributed by atoms with Crippen molar-refractivity contribution >= 4 is 27.8 Å². The molecule has 3 aromatic rings. The first kappa shape index (κ1) is 27.7. The number of carbonyl (C=O) groups excluding carboxylic acids is 1. The van der Waals surface area contributed by atoms with E-state index in [-0.39, 0.29) is 4.90 Å². The van der Waals surface area contributed by atoms with Crippen LogP contribution in [-0.2, 0) is 14.8 Å². The molecule has 0 heterocycles. The maximum absolute atomic E-state index is 13.4. The minimum absolute atomic E-state index is 0.0957. The van der Waals surface area contributed by atoms with Gasteiger partial charge in [-0.1, -0.05) is 31.2 Å². The number of hydrazone groups is 1. The number of rotatable bonds is 12. The van der Waals surface area contributed by atoms with Crippen LogP contribution in [0.1, 0.15) is 37.0 Å². The molecule has 0 atom stereocenters. The van der Waals surface area contributed by atoms with E-state index in [0.29, 0.717) is 36.0 Å². The van der Waals surface area contributed by atoms with Crippen LogP contribution in [0.3, 0.4) is 0 Å². The number of nitrogens with zero attached hydrogens (tertiary/aromatic N) is 2. The van der Waals surface area contributed by atoms with E-state index >= 15 is 0 Å². The molecular weight excluding hydrogens is 490 g/mol. The van der Waals surface area contributed by atoms with Crippen LogP contribution in [0.2, 0.25) is 0 Å². The van der Waals surface area contributed by atoms with Gasteiger partial charge in [-0.3, -0.25) is 9.10 Å². The van der Waals surface area contributed by atoms with E-state index in [2.05, 4.69) is 10.5 Å². The second-order valence-corrected chi connectivity index (χ2v) is 10.2. The predicted molar refractivity (Wildman–Crippen MR) is 146 cm³/mol. The number of carbonyl (C=O) groups is 1. The van der Waals surface area contributed by atoms with Gasteiger partial charge in [-0.15, -0.1) is 0 Å². The summed E-state index contributed by atoms with van der Waals surface area (Å²) in [5.41, 5.74) is 5.46. The van der Waals surface area contributed by atoms with Crippen LogP contribution in [0.5, 0.6) is 11.5 Å². The maximum atomic E-state index is 13.4. The first-order valence-electron chi connectivity index (χ1n) is 12.1. The molecule has 0 bridgehead atoms. The summed E-state index contributed by atoms with van der Waals surface area (Å²) in [7, 11) is -3.99. The van der Waals surface area contributed by atoms with Gasteiger partial charge in [0.15, 0.2) is 11.5 Å². The molecule has 196 valence electrons. The SMILES string of the molecule is CCCOc1ccc(/C=N\NC(=O)CN(c2ccc(C)c(C)c2)S(=O)(=O)c2ccccc2)cc1OCC. The van der Waals surface area contributed by atoms with E-state index in [4.69, 9.17) is 9.47 Å². The third-order valence-electron chi connectivity index (χ3n) is 5.53. The highest BCUT2D eigenvalue weighted by molar-refractivity contribution is 7.92. The summed E-state index contributed by atoms with van der Waals surface area (Å²) in [5.74, 6) is 0.642. The van der Waals surface area contributed by atoms with Crippen molar-refractivity contribution in [3.8, 4) is 11.5 Å². The lowest BCUT2D eigenvalue weighted by atomic mass is 10.1. The number of hydrogen-bond acceptors (Lipinski definition) is 6. The number of benzene rings is 3. The van der Waals surface area contributed by atoms with Gasteiger partial charge in [0.25, 0.3) is 15.9 Å². The van der Waals surface area contributed by atoms with Crippen molar-refractivity contribution in [2.75, 3.05) is 24.1 Å². The number of ether oxygens (including phenoxy) is 2. The summed E-state index contributed by atoms with van der Waals surface area (Å²) in [6.45, 7) is 8.36. The summed E-state index contributed by atoms with van der Waals surface area (Å²) >= 11 is 0. The molecule has 9 heteroatoms. The topological polar surface area (TPSA) is 97.3 Å². The van der Waals surface area contributed by atoms with Crippen molar-refractivity contribution in [1.82, 2.24) is 5.43 Å². The molecule has 0 spiro atoms. The molecule has 0 radical (unpaired) electrons. The van der Waals surface area contributed by atoms with Crippen LogP contribution in [0.15, 0.2) is 76.7 Å². The molecule has 0 saturated carbocycles.